The van der Waals surface area contributed by atoms with Crippen LogP contribution in [-0.2, 0) is 11.3 Å². The summed E-state index contributed by atoms with van der Waals surface area (Å²) in [5.41, 5.74) is 3.08. The van der Waals surface area contributed by atoms with Gasteiger partial charge in [0.05, 0.1) is 6.54 Å². The monoisotopic (exact) mass is 316 g/mol. The third-order valence-electron chi connectivity index (χ3n) is 3.48. The number of benzene rings is 2. The number of nitrogens with one attached hydrogen (secondary N) is 1. The van der Waals surface area contributed by atoms with Crippen LogP contribution in [0.4, 0.5) is 5.69 Å². The van der Waals surface area contributed by atoms with Crippen LogP contribution in [0.25, 0.3) is 0 Å². The molecule has 0 radical (unpaired) electrons. The Hall–Kier alpha value is -1.84. The number of carbonyl (C=O) groups excluding carboxylic acids is 1. The topological polar surface area (TPSA) is 32.3 Å². The average Bonchev–Trinajstić information content (AvgIpc) is 2.50. The van der Waals surface area contributed by atoms with Gasteiger partial charge in [-0.3, -0.25) is 4.79 Å². The van der Waals surface area contributed by atoms with Gasteiger partial charge in [-0.1, -0.05) is 41.9 Å². The van der Waals surface area contributed by atoms with Crippen LogP contribution in [0.15, 0.2) is 48.5 Å². The first kappa shape index (κ1) is 16.5. The van der Waals surface area contributed by atoms with Crippen LogP contribution >= 0.6 is 11.6 Å². The Balaban J connectivity index is 1.94. The zero-order valence-corrected chi connectivity index (χ0v) is 13.7. The van der Waals surface area contributed by atoms with Crippen molar-refractivity contribution in [1.82, 2.24) is 5.32 Å². The fourth-order valence-corrected chi connectivity index (χ4v) is 2.54. The molecule has 3 nitrogen and oxygen atoms in total. The van der Waals surface area contributed by atoms with Gasteiger partial charge < -0.3 is 10.2 Å². The van der Waals surface area contributed by atoms with E-state index in [0.29, 0.717) is 18.1 Å². The molecule has 1 N–H and O–H groups in total. The predicted molar refractivity (Wildman–Crippen MR) is 92.4 cm³/mol. The van der Waals surface area contributed by atoms with E-state index >= 15 is 0 Å². The Morgan fingerprint density at radius 2 is 1.95 bits per heavy atom. The molecular formula is C18H21ClN2O. The lowest BCUT2D eigenvalue weighted by atomic mass is 10.2. The van der Waals surface area contributed by atoms with Crippen LogP contribution < -0.4 is 10.2 Å². The maximum Gasteiger partial charge on any atom is 0.240 e. The quantitative estimate of drug-likeness (QED) is 0.879. The van der Waals surface area contributed by atoms with Crippen molar-refractivity contribution in [3.05, 3.63) is 64.7 Å². The smallest absolute Gasteiger partial charge is 0.240 e. The zero-order chi connectivity index (χ0) is 15.9. The highest BCUT2D eigenvalue weighted by atomic mass is 35.5. The number of halogens is 1. The van der Waals surface area contributed by atoms with Gasteiger partial charge in [-0.25, -0.2) is 0 Å². The van der Waals surface area contributed by atoms with Crippen molar-refractivity contribution in [1.29, 1.82) is 0 Å². The minimum Gasteiger partial charge on any atom is -0.312 e. The van der Waals surface area contributed by atoms with Crippen molar-refractivity contribution in [2.24, 2.45) is 0 Å². The second-order valence-corrected chi connectivity index (χ2v) is 5.58. The number of aryl methyl sites for hydroxylation is 1. The molecule has 2 aromatic rings. The van der Waals surface area contributed by atoms with E-state index in [-0.39, 0.29) is 12.5 Å². The molecule has 0 saturated carbocycles. The highest BCUT2D eigenvalue weighted by molar-refractivity contribution is 6.31. The molecule has 0 aromatic heterocycles. The maximum atomic E-state index is 12.4. The number of carbonyl (C=O) groups is 1. The van der Waals surface area contributed by atoms with Gasteiger partial charge in [0.1, 0.15) is 0 Å². The molecule has 4 heteroatoms. The minimum atomic E-state index is 0.0557. The minimum absolute atomic E-state index is 0.0557. The van der Waals surface area contributed by atoms with E-state index in [1.807, 2.05) is 62.4 Å². The number of hydrogen-bond donors (Lipinski definition) is 1. The summed E-state index contributed by atoms with van der Waals surface area (Å²) in [5, 5.41) is 3.88. The lowest BCUT2D eigenvalue weighted by Crippen LogP contribution is -2.38. The molecule has 0 fully saturated rings. The van der Waals surface area contributed by atoms with Crippen LogP contribution in [0.5, 0.6) is 0 Å². The van der Waals surface area contributed by atoms with Crippen molar-refractivity contribution >= 4 is 23.2 Å². The summed E-state index contributed by atoms with van der Waals surface area (Å²) in [5.74, 6) is 0.0557. The highest BCUT2D eigenvalue weighted by Gasteiger charge is 2.13. The van der Waals surface area contributed by atoms with Crippen molar-refractivity contribution < 1.29 is 4.79 Å². The SMILES string of the molecule is CCN(C(=O)CNCc1ccccc1Cl)c1cccc(C)c1. The molecule has 0 aliphatic heterocycles. The molecule has 0 heterocycles. The summed E-state index contributed by atoms with van der Waals surface area (Å²) in [6, 6.07) is 15.6. The maximum absolute atomic E-state index is 12.4. The normalized spacial score (nSPS) is 10.5. The summed E-state index contributed by atoms with van der Waals surface area (Å²) in [4.78, 5) is 14.2. The lowest BCUT2D eigenvalue weighted by Gasteiger charge is -2.21. The number of anilines is 1. The van der Waals surface area contributed by atoms with Gasteiger partial charge >= 0.3 is 0 Å². The first-order valence-electron chi connectivity index (χ1n) is 7.43. The second-order valence-electron chi connectivity index (χ2n) is 5.17. The number of hydrogen-bond acceptors (Lipinski definition) is 2. The molecule has 0 bridgehead atoms. The standard InChI is InChI=1S/C18H21ClN2O/c1-3-21(16-9-6-7-14(2)11-16)18(22)13-20-12-15-8-4-5-10-17(15)19/h4-11,20H,3,12-13H2,1-2H3. The summed E-state index contributed by atoms with van der Waals surface area (Å²) in [6.45, 7) is 5.52. The number of likely N-dealkylation sites (N-methyl/N-ethyl adjacent to an activating group) is 1. The molecule has 2 rings (SSSR count). The number of amides is 1. The average molecular weight is 317 g/mol. The molecule has 116 valence electrons. The van der Waals surface area contributed by atoms with Gasteiger partial charge in [0.25, 0.3) is 0 Å². The fourth-order valence-electron chi connectivity index (χ4n) is 2.34. The number of nitrogens with zero attached hydrogens (tertiary/aromatic N) is 1. The van der Waals surface area contributed by atoms with Gasteiger partial charge in [0.2, 0.25) is 5.91 Å². The van der Waals surface area contributed by atoms with Crippen molar-refractivity contribution in [2.75, 3.05) is 18.0 Å². The summed E-state index contributed by atoms with van der Waals surface area (Å²) in [6.07, 6.45) is 0. The highest BCUT2D eigenvalue weighted by Crippen LogP contribution is 2.16. The van der Waals surface area contributed by atoms with Crippen LogP contribution in [0.2, 0.25) is 5.02 Å². The molecule has 1 amide bonds. The third kappa shape index (κ3) is 4.33. The second kappa shape index (κ2) is 7.97. The molecule has 0 saturated heterocycles. The Kier molecular flexibility index (Phi) is 5.99. The van der Waals surface area contributed by atoms with E-state index in [1.165, 1.54) is 0 Å². The van der Waals surface area contributed by atoms with E-state index in [9.17, 15) is 4.79 Å². The molecular weight excluding hydrogens is 296 g/mol. The van der Waals surface area contributed by atoms with E-state index in [4.69, 9.17) is 11.6 Å². The third-order valence-corrected chi connectivity index (χ3v) is 3.85. The van der Waals surface area contributed by atoms with Crippen molar-refractivity contribution in [3.8, 4) is 0 Å². The van der Waals surface area contributed by atoms with Crippen LogP contribution in [0.3, 0.4) is 0 Å². The molecule has 0 unspecified atom stereocenters. The molecule has 2 aromatic carbocycles. The van der Waals surface area contributed by atoms with Gasteiger partial charge in [-0.05, 0) is 43.2 Å². The fraction of sp³-hybridized carbons (Fsp3) is 0.278. The Morgan fingerprint density at radius 1 is 1.18 bits per heavy atom. The molecule has 22 heavy (non-hydrogen) atoms. The Bertz CT molecular complexity index is 642. The van der Waals surface area contributed by atoms with Gasteiger partial charge in [0.15, 0.2) is 0 Å². The Morgan fingerprint density at radius 3 is 2.64 bits per heavy atom. The van der Waals surface area contributed by atoms with E-state index < -0.39 is 0 Å². The van der Waals surface area contributed by atoms with Crippen LogP contribution in [-0.4, -0.2) is 19.0 Å². The van der Waals surface area contributed by atoms with Gasteiger partial charge in [0, 0.05) is 23.8 Å². The van der Waals surface area contributed by atoms with Crippen molar-refractivity contribution in [3.63, 3.8) is 0 Å². The first-order chi connectivity index (χ1) is 10.6. The summed E-state index contributed by atoms with van der Waals surface area (Å²) < 4.78 is 0. The summed E-state index contributed by atoms with van der Waals surface area (Å²) in [7, 11) is 0. The largest absolute Gasteiger partial charge is 0.312 e. The van der Waals surface area contributed by atoms with E-state index in [1.54, 1.807) is 4.90 Å². The van der Waals surface area contributed by atoms with Crippen molar-refractivity contribution in [2.45, 2.75) is 20.4 Å². The van der Waals surface area contributed by atoms with Crippen LogP contribution in [0.1, 0.15) is 18.1 Å². The number of rotatable bonds is 6. The first-order valence-corrected chi connectivity index (χ1v) is 7.80. The Labute approximate surface area is 136 Å². The van der Waals surface area contributed by atoms with Gasteiger partial charge in [-0.2, -0.15) is 0 Å². The van der Waals surface area contributed by atoms with E-state index in [2.05, 4.69) is 5.32 Å². The molecule has 0 aliphatic carbocycles. The molecule has 0 aliphatic rings. The van der Waals surface area contributed by atoms with Gasteiger partial charge in [-0.15, -0.1) is 0 Å². The summed E-state index contributed by atoms with van der Waals surface area (Å²) >= 11 is 6.11. The van der Waals surface area contributed by atoms with Crippen LogP contribution in [0, 0.1) is 6.92 Å². The lowest BCUT2D eigenvalue weighted by molar-refractivity contribution is -0.117. The molecule has 0 atom stereocenters. The molecule has 0 spiro atoms. The zero-order valence-electron chi connectivity index (χ0n) is 13.0. The predicted octanol–water partition coefficient (Wildman–Crippen LogP) is 3.79. The van der Waals surface area contributed by atoms with E-state index in [0.717, 1.165) is 16.8 Å².